The summed E-state index contributed by atoms with van der Waals surface area (Å²) < 4.78 is 27.7. The van der Waals surface area contributed by atoms with Crippen LogP contribution in [0, 0.1) is 12.8 Å². The number of rotatable bonds is 7. The monoisotopic (exact) mass is 394 g/mol. The van der Waals surface area contributed by atoms with E-state index in [0.717, 1.165) is 12.0 Å². The molecule has 0 aliphatic rings. The second-order valence-corrected chi connectivity index (χ2v) is 8.63. The van der Waals surface area contributed by atoms with Crippen LogP contribution in [0.2, 0.25) is 5.02 Å². The van der Waals surface area contributed by atoms with Crippen LogP contribution in [0.15, 0.2) is 47.4 Å². The number of amides is 1. The van der Waals surface area contributed by atoms with Gasteiger partial charge >= 0.3 is 0 Å². The molecule has 5 nitrogen and oxygen atoms in total. The smallest absolute Gasteiger partial charge is 0.261 e. The number of carbonyl (C=O) groups excluding carboxylic acids is 1. The molecule has 0 aromatic heterocycles. The van der Waals surface area contributed by atoms with Crippen molar-refractivity contribution in [1.29, 1.82) is 0 Å². The number of anilines is 1. The van der Waals surface area contributed by atoms with Gasteiger partial charge in [-0.05, 0) is 55.2 Å². The molecule has 0 saturated carbocycles. The predicted octanol–water partition coefficient (Wildman–Crippen LogP) is 4.23. The number of nitrogens with one attached hydrogen (secondary N) is 2. The third kappa shape index (κ3) is 5.47. The van der Waals surface area contributed by atoms with Crippen LogP contribution in [0.4, 0.5) is 5.69 Å². The molecule has 0 saturated heterocycles. The minimum absolute atomic E-state index is 0.0192. The van der Waals surface area contributed by atoms with Crippen LogP contribution in [0.5, 0.6) is 0 Å². The Balaban J connectivity index is 2.16. The third-order valence-corrected chi connectivity index (χ3v) is 5.62. The average molecular weight is 395 g/mol. The van der Waals surface area contributed by atoms with Gasteiger partial charge in [-0.25, -0.2) is 8.42 Å². The first-order valence-electron chi connectivity index (χ1n) is 8.36. The first kappa shape index (κ1) is 20.3. The number of halogens is 1. The number of hydrogen-bond acceptors (Lipinski definition) is 3. The van der Waals surface area contributed by atoms with E-state index in [1.807, 2.05) is 6.92 Å². The normalized spacial score (nSPS) is 11.4. The molecule has 0 heterocycles. The average Bonchev–Trinajstić information content (AvgIpc) is 2.57. The lowest BCUT2D eigenvalue weighted by Gasteiger charge is -2.11. The van der Waals surface area contributed by atoms with Crippen LogP contribution < -0.4 is 10.0 Å². The van der Waals surface area contributed by atoms with Gasteiger partial charge in [-0.3, -0.25) is 9.52 Å². The molecule has 0 fully saturated rings. The van der Waals surface area contributed by atoms with Crippen molar-refractivity contribution in [2.24, 2.45) is 5.92 Å². The maximum atomic E-state index is 12.6. The van der Waals surface area contributed by atoms with Crippen molar-refractivity contribution in [1.82, 2.24) is 5.32 Å². The Morgan fingerprint density at radius 3 is 2.54 bits per heavy atom. The lowest BCUT2D eigenvalue weighted by atomic mass is 10.1. The van der Waals surface area contributed by atoms with E-state index in [9.17, 15) is 13.2 Å². The summed E-state index contributed by atoms with van der Waals surface area (Å²) in [5.41, 5.74) is 1.53. The van der Waals surface area contributed by atoms with E-state index in [-0.39, 0.29) is 10.8 Å². The molecular formula is C19H23ClN2O3S. The minimum atomic E-state index is -3.82. The Morgan fingerprint density at radius 2 is 1.88 bits per heavy atom. The molecule has 2 N–H and O–H groups in total. The zero-order valence-electron chi connectivity index (χ0n) is 15.0. The molecule has 0 atom stereocenters. The molecule has 7 heteroatoms. The first-order chi connectivity index (χ1) is 12.2. The Morgan fingerprint density at radius 1 is 1.15 bits per heavy atom. The van der Waals surface area contributed by atoms with Crippen molar-refractivity contribution in [3.05, 3.63) is 58.6 Å². The molecule has 0 spiro atoms. The van der Waals surface area contributed by atoms with E-state index in [1.165, 1.54) is 12.1 Å². The molecule has 0 aliphatic heterocycles. The molecule has 2 aromatic rings. The first-order valence-corrected chi connectivity index (χ1v) is 10.2. The topological polar surface area (TPSA) is 75.3 Å². The molecule has 1 amide bonds. The Labute approximate surface area is 159 Å². The summed E-state index contributed by atoms with van der Waals surface area (Å²) in [7, 11) is -3.82. The summed E-state index contributed by atoms with van der Waals surface area (Å²) in [6, 6.07) is 10.9. The number of benzene rings is 2. The van der Waals surface area contributed by atoms with Crippen LogP contribution in [0.3, 0.4) is 0 Å². The van der Waals surface area contributed by atoms with Gasteiger partial charge in [-0.15, -0.1) is 0 Å². The molecule has 0 radical (unpaired) electrons. The van der Waals surface area contributed by atoms with Crippen molar-refractivity contribution in [3.63, 3.8) is 0 Å². The predicted molar refractivity (Wildman–Crippen MR) is 105 cm³/mol. The van der Waals surface area contributed by atoms with Gasteiger partial charge in [0.1, 0.15) is 0 Å². The largest absolute Gasteiger partial charge is 0.352 e. The maximum Gasteiger partial charge on any atom is 0.261 e. The van der Waals surface area contributed by atoms with Gasteiger partial charge in [0.2, 0.25) is 0 Å². The van der Waals surface area contributed by atoms with Gasteiger partial charge in [-0.2, -0.15) is 0 Å². The highest BCUT2D eigenvalue weighted by atomic mass is 35.5. The number of hydrogen-bond donors (Lipinski definition) is 2. The van der Waals surface area contributed by atoms with E-state index in [0.29, 0.717) is 28.7 Å². The molecule has 2 rings (SSSR count). The van der Waals surface area contributed by atoms with Crippen LogP contribution in [0.25, 0.3) is 0 Å². The Kier molecular flexibility index (Phi) is 6.67. The second-order valence-electron chi connectivity index (χ2n) is 6.54. The van der Waals surface area contributed by atoms with Crippen LogP contribution in [0.1, 0.15) is 36.2 Å². The van der Waals surface area contributed by atoms with E-state index >= 15 is 0 Å². The van der Waals surface area contributed by atoms with E-state index in [4.69, 9.17) is 11.6 Å². The molecule has 2 aromatic carbocycles. The molecule has 0 unspecified atom stereocenters. The van der Waals surface area contributed by atoms with Crippen LogP contribution in [-0.4, -0.2) is 20.9 Å². The number of aryl methyl sites for hydroxylation is 1. The summed E-state index contributed by atoms with van der Waals surface area (Å²) in [5, 5.41) is 3.28. The highest BCUT2D eigenvalue weighted by Crippen LogP contribution is 2.23. The van der Waals surface area contributed by atoms with E-state index in [2.05, 4.69) is 23.9 Å². The maximum absolute atomic E-state index is 12.6. The van der Waals surface area contributed by atoms with Crippen molar-refractivity contribution in [2.75, 3.05) is 11.3 Å². The Bertz CT molecular complexity index is 895. The summed E-state index contributed by atoms with van der Waals surface area (Å²) >= 11 is 6.04. The van der Waals surface area contributed by atoms with Gasteiger partial charge < -0.3 is 5.32 Å². The fourth-order valence-corrected chi connectivity index (χ4v) is 3.53. The molecule has 140 valence electrons. The standard InChI is InChI=1S/C19H23ClN2O3S/c1-13(2)9-10-21-19(23)15-5-4-6-17(11-15)26(24,25)22-16-8-7-14(3)18(20)12-16/h4-8,11-13,22H,9-10H2,1-3H3,(H,21,23). The number of carbonyl (C=O) groups is 1. The van der Waals surface area contributed by atoms with Gasteiger partial charge in [0.05, 0.1) is 10.6 Å². The summed E-state index contributed by atoms with van der Waals surface area (Å²) in [4.78, 5) is 12.2. The minimum Gasteiger partial charge on any atom is -0.352 e. The summed E-state index contributed by atoms with van der Waals surface area (Å²) in [5.74, 6) is 0.189. The lowest BCUT2D eigenvalue weighted by Crippen LogP contribution is -2.25. The van der Waals surface area contributed by atoms with Crippen molar-refractivity contribution in [2.45, 2.75) is 32.1 Å². The summed E-state index contributed by atoms with van der Waals surface area (Å²) in [6.45, 7) is 6.53. The Hall–Kier alpha value is -2.05. The van der Waals surface area contributed by atoms with E-state index in [1.54, 1.807) is 30.3 Å². The van der Waals surface area contributed by atoms with E-state index < -0.39 is 10.0 Å². The molecular weight excluding hydrogens is 372 g/mol. The zero-order chi connectivity index (χ0) is 19.3. The molecule has 0 aliphatic carbocycles. The lowest BCUT2D eigenvalue weighted by molar-refractivity contribution is 0.0952. The summed E-state index contributed by atoms with van der Waals surface area (Å²) in [6.07, 6.45) is 0.861. The van der Waals surface area contributed by atoms with Crippen LogP contribution >= 0.6 is 11.6 Å². The fraction of sp³-hybridized carbons (Fsp3) is 0.316. The second kappa shape index (κ2) is 8.56. The molecule has 0 bridgehead atoms. The number of sulfonamides is 1. The van der Waals surface area contributed by atoms with Crippen molar-refractivity contribution >= 4 is 33.2 Å². The SMILES string of the molecule is Cc1ccc(NS(=O)(=O)c2cccc(C(=O)NCCC(C)C)c2)cc1Cl. The zero-order valence-corrected chi connectivity index (χ0v) is 16.6. The quantitative estimate of drug-likeness (QED) is 0.738. The van der Waals surface area contributed by atoms with Crippen molar-refractivity contribution in [3.8, 4) is 0 Å². The van der Waals surface area contributed by atoms with Gasteiger partial charge in [-0.1, -0.05) is 37.6 Å². The fourth-order valence-electron chi connectivity index (χ4n) is 2.25. The highest BCUT2D eigenvalue weighted by molar-refractivity contribution is 7.92. The highest BCUT2D eigenvalue weighted by Gasteiger charge is 2.17. The molecule has 26 heavy (non-hydrogen) atoms. The van der Waals surface area contributed by atoms with Gasteiger partial charge in [0.25, 0.3) is 15.9 Å². The van der Waals surface area contributed by atoms with Crippen molar-refractivity contribution < 1.29 is 13.2 Å². The third-order valence-electron chi connectivity index (χ3n) is 3.84. The van der Waals surface area contributed by atoms with Gasteiger partial charge in [0.15, 0.2) is 0 Å². The van der Waals surface area contributed by atoms with Gasteiger partial charge in [0, 0.05) is 17.1 Å². The van der Waals surface area contributed by atoms with Crippen LogP contribution in [-0.2, 0) is 10.0 Å².